The average Bonchev–Trinajstić information content (AvgIpc) is 2.27. The van der Waals surface area contributed by atoms with Gasteiger partial charge in [-0.25, -0.2) is 0 Å². The Balaban J connectivity index is 4.54. The lowest BCUT2D eigenvalue weighted by Gasteiger charge is -2.33. The van der Waals surface area contributed by atoms with Gasteiger partial charge in [0.15, 0.2) is 0 Å². The van der Waals surface area contributed by atoms with Gasteiger partial charge in [0, 0.05) is 26.2 Å². The molecule has 1 radical (unpaired) electrons. The zero-order valence-electron chi connectivity index (χ0n) is 10.4. The van der Waals surface area contributed by atoms with Crippen molar-refractivity contribution < 1.29 is 0 Å². The lowest BCUT2D eigenvalue weighted by molar-refractivity contribution is 0.425. The van der Waals surface area contributed by atoms with E-state index in [4.69, 9.17) is 0 Å². The normalized spacial score (nSPS) is 10.8. The van der Waals surface area contributed by atoms with Crippen molar-refractivity contribution in [1.29, 1.82) is 0 Å². The minimum absolute atomic E-state index is 0.735. The van der Waals surface area contributed by atoms with Gasteiger partial charge in [0.05, 0.1) is 0 Å². The Bertz CT molecular complexity index is 194. The molecule has 3 heteroatoms. The maximum Gasteiger partial charge on any atom is 0.227 e. The van der Waals surface area contributed by atoms with Crippen LogP contribution in [-0.4, -0.2) is 44.4 Å². The van der Waals surface area contributed by atoms with Crippen LogP contribution in [0.3, 0.4) is 0 Å². The standard InChI is InChI=1S/C13H23N2Si/c1-6-10-14(11-7-2)16(5)15(12-8-3)13-9-4/h6-9H,1-4,10-13H2,5H3. The van der Waals surface area contributed by atoms with E-state index < -0.39 is 9.12 Å². The molecule has 0 aliphatic carbocycles. The zero-order chi connectivity index (χ0) is 12.4. The van der Waals surface area contributed by atoms with Crippen LogP contribution >= 0.6 is 0 Å². The van der Waals surface area contributed by atoms with E-state index in [-0.39, 0.29) is 0 Å². The second-order valence-corrected chi connectivity index (χ2v) is 5.87. The molecular weight excluding hydrogens is 212 g/mol. The van der Waals surface area contributed by atoms with Gasteiger partial charge < -0.3 is 9.13 Å². The van der Waals surface area contributed by atoms with Gasteiger partial charge in [0.2, 0.25) is 9.12 Å². The largest absolute Gasteiger partial charge is 0.305 e. The van der Waals surface area contributed by atoms with Gasteiger partial charge >= 0.3 is 0 Å². The first-order valence-electron chi connectivity index (χ1n) is 5.48. The third-order valence-corrected chi connectivity index (χ3v) is 4.87. The molecule has 2 nitrogen and oxygen atoms in total. The molecule has 0 fully saturated rings. The summed E-state index contributed by atoms with van der Waals surface area (Å²) in [5.74, 6) is 0. The van der Waals surface area contributed by atoms with Crippen LogP contribution in [-0.2, 0) is 0 Å². The summed E-state index contributed by atoms with van der Waals surface area (Å²) < 4.78 is 4.80. The van der Waals surface area contributed by atoms with E-state index in [9.17, 15) is 0 Å². The van der Waals surface area contributed by atoms with E-state index in [1.165, 1.54) is 0 Å². The summed E-state index contributed by atoms with van der Waals surface area (Å²) in [4.78, 5) is 0. The molecule has 0 saturated heterocycles. The Morgan fingerprint density at radius 1 is 0.750 bits per heavy atom. The quantitative estimate of drug-likeness (QED) is 0.424. The first-order valence-corrected chi connectivity index (χ1v) is 7.37. The molecule has 0 unspecified atom stereocenters. The molecule has 0 aromatic heterocycles. The minimum atomic E-state index is -0.735. The van der Waals surface area contributed by atoms with Gasteiger partial charge in [0.25, 0.3) is 0 Å². The summed E-state index contributed by atoms with van der Waals surface area (Å²) in [6.07, 6.45) is 7.77. The molecule has 0 rings (SSSR count). The highest BCUT2D eigenvalue weighted by Crippen LogP contribution is 2.03. The van der Waals surface area contributed by atoms with E-state index >= 15 is 0 Å². The van der Waals surface area contributed by atoms with Gasteiger partial charge in [-0.2, -0.15) is 0 Å². The Labute approximate surface area is 102 Å². The maximum absolute atomic E-state index is 3.80. The third kappa shape index (κ3) is 5.26. The fraction of sp³-hybridized carbons (Fsp3) is 0.385. The highest BCUT2D eigenvalue weighted by atomic mass is 28.3. The highest BCUT2D eigenvalue weighted by Gasteiger charge is 2.20. The Kier molecular flexibility index (Phi) is 8.81. The van der Waals surface area contributed by atoms with Crippen molar-refractivity contribution in [1.82, 2.24) is 9.13 Å². The van der Waals surface area contributed by atoms with Gasteiger partial charge in [0.1, 0.15) is 0 Å². The molecule has 89 valence electrons. The lowest BCUT2D eigenvalue weighted by atomic mass is 10.5. The fourth-order valence-electron chi connectivity index (χ4n) is 1.50. The van der Waals surface area contributed by atoms with Crippen LogP contribution in [0.4, 0.5) is 0 Å². The molecule has 0 bridgehead atoms. The lowest BCUT2D eigenvalue weighted by Crippen LogP contribution is -2.51. The van der Waals surface area contributed by atoms with Gasteiger partial charge in [-0.3, -0.25) is 0 Å². The summed E-state index contributed by atoms with van der Waals surface area (Å²) in [7, 11) is -0.735. The van der Waals surface area contributed by atoms with Crippen LogP contribution in [0.25, 0.3) is 0 Å². The zero-order valence-corrected chi connectivity index (χ0v) is 11.4. The second-order valence-electron chi connectivity index (χ2n) is 3.51. The van der Waals surface area contributed by atoms with Crippen molar-refractivity contribution in [2.45, 2.75) is 6.55 Å². The maximum atomic E-state index is 3.80. The Hall–Kier alpha value is -0.903. The molecule has 0 heterocycles. The molecule has 0 aliphatic heterocycles. The minimum Gasteiger partial charge on any atom is -0.305 e. The first-order chi connectivity index (χ1) is 7.71. The van der Waals surface area contributed by atoms with Crippen LogP contribution in [0.15, 0.2) is 50.6 Å². The fourth-order valence-corrected chi connectivity index (χ4v) is 3.47. The van der Waals surface area contributed by atoms with Crippen molar-refractivity contribution >= 4 is 9.12 Å². The number of hydrogen-bond acceptors (Lipinski definition) is 2. The van der Waals surface area contributed by atoms with E-state index in [1.807, 2.05) is 24.3 Å². The molecule has 0 amide bonds. The van der Waals surface area contributed by atoms with Crippen LogP contribution in [0.2, 0.25) is 6.55 Å². The smallest absolute Gasteiger partial charge is 0.227 e. The van der Waals surface area contributed by atoms with E-state index in [0.717, 1.165) is 26.2 Å². The summed E-state index contributed by atoms with van der Waals surface area (Å²) in [5.41, 5.74) is 0. The first kappa shape index (κ1) is 15.1. The Morgan fingerprint density at radius 3 is 1.19 bits per heavy atom. The van der Waals surface area contributed by atoms with Crippen molar-refractivity contribution in [3.63, 3.8) is 0 Å². The molecule has 0 N–H and O–H groups in total. The molecule has 0 saturated carbocycles. The van der Waals surface area contributed by atoms with Gasteiger partial charge in [-0.15, -0.1) is 26.3 Å². The summed E-state index contributed by atoms with van der Waals surface area (Å²) in [5, 5.41) is 0. The van der Waals surface area contributed by atoms with Gasteiger partial charge in [-0.05, 0) is 6.55 Å². The molecule has 0 aliphatic rings. The molecular formula is C13H23N2Si. The predicted octanol–water partition coefficient (Wildman–Crippen LogP) is 2.45. The van der Waals surface area contributed by atoms with Crippen molar-refractivity contribution in [2.24, 2.45) is 0 Å². The molecule has 0 spiro atoms. The van der Waals surface area contributed by atoms with Crippen LogP contribution < -0.4 is 0 Å². The second kappa shape index (κ2) is 9.33. The summed E-state index contributed by atoms with van der Waals surface area (Å²) in [6.45, 7) is 21.1. The monoisotopic (exact) mass is 235 g/mol. The highest BCUT2D eigenvalue weighted by molar-refractivity contribution is 6.51. The van der Waals surface area contributed by atoms with Crippen LogP contribution in [0.5, 0.6) is 0 Å². The number of rotatable bonds is 10. The number of nitrogens with zero attached hydrogens (tertiary/aromatic N) is 2. The van der Waals surface area contributed by atoms with E-state index in [2.05, 4.69) is 42.0 Å². The van der Waals surface area contributed by atoms with E-state index in [0.29, 0.717) is 0 Å². The van der Waals surface area contributed by atoms with Crippen molar-refractivity contribution in [3.05, 3.63) is 50.6 Å². The van der Waals surface area contributed by atoms with E-state index in [1.54, 1.807) is 0 Å². The van der Waals surface area contributed by atoms with Crippen molar-refractivity contribution in [2.75, 3.05) is 26.2 Å². The van der Waals surface area contributed by atoms with Gasteiger partial charge in [-0.1, -0.05) is 24.3 Å². The summed E-state index contributed by atoms with van der Waals surface area (Å²) in [6, 6.07) is 0. The SMILES string of the molecule is C=CCN(CC=C)[Si](C)N(CC=C)CC=C. The third-order valence-electron chi connectivity index (χ3n) is 2.31. The van der Waals surface area contributed by atoms with Crippen LogP contribution in [0.1, 0.15) is 0 Å². The molecule has 16 heavy (non-hydrogen) atoms. The molecule has 0 atom stereocenters. The molecule has 0 aromatic carbocycles. The predicted molar refractivity (Wildman–Crippen MR) is 75.6 cm³/mol. The van der Waals surface area contributed by atoms with Crippen molar-refractivity contribution in [3.8, 4) is 0 Å². The summed E-state index contributed by atoms with van der Waals surface area (Å²) >= 11 is 0. The molecule has 0 aromatic rings. The number of hydrogen-bond donors (Lipinski definition) is 0. The van der Waals surface area contributed by atoms with Crippen LogP contribution in [0, 0.1) is 0 Å². The average molecular weight is 235 g/mol. The topological polar surface area (TPSA) is 6.48 Å². The Morgan fingerprint density at radius 2 is 1.00 bits per heavy atom.